The van der Waals surface area contributed by atoms with Crippen LogP contribution < -0.4 is 4.74 Å². The van der Waals surface area contributed by atoms with E-state index in [2.05, 4.69) is 47.8 Å². The first-order valence-electron chi connectivity index (χ1n) is 4.98. The highest BCUT2D eigenvalue weighted by Gasteiger charge is 2.05. The van der Waals surface area contributed by atoms with Crippen molar-refractivity contribution >= 4 is 47.8 Å². The molecule has 0 aliphatic rings. The molecule has 0 aliphatic heterocycles. The van der Waals surface area contributed by atoms with Crippen LogP contribution in [0.5, 0.6) is 5.75 Å². The zero-order valence-electron chi connectivity index (χ0n) is 10.0. The summed E-state index contributed by atoms with van der Waals surface area (Å²) in [5.74, 6) is -0.0711. The van der Waals surface area contributed by atoms with Crippen molar-refractivity contribution in [3.63, 3.8) is 0 Å². The third-order valence-corrected chi connectivity index (χ3v) is 2.45. The number of hydrogen-bond donors (Lipinski definition) is 0. The summed E-state index contributed by atoms with van der Waals surface area (Å²) in [5, 5.41) is 0. The topological polar surface area (TPSA) is 9.23 Å². The molecule has 0 spiro atoms. The van der Waals surface area contributed by atoms with Crippen molar-refractivity contribution in [3.8, 4) is 5.75 Å². The van der Waals surface area contributed by atoms with Crippen LogP contribution in [0.15, 0.2) is 25.5 Å². The molecule has 0 atom stereocenters. The van der Waals surface area contributed by atoms with E-state index < -0.39 is 7.04 Å². The molecule has 11 heavy (non-hydrogen) atoms. The molecule has 4 heteroatoms. The van der Waals surface area contributed by atoms with Gasteiger partial charge in [-0.25, -0.2) is 0 Å². The van der Waals surface area contributed by atoms with Gasteiger partial charge in [0.2, 0.25) is 0 Å². The molecule has 0 saturated heterocycles. The molecule has 0 unspecified atom stereocenters. The summed E-state index contributed by atoms with van der Waals surface area (Å²) < 4.78 is 41.6. The summed E-state index contributed by atoms with van der Waals surface area (Å²) in [5.41, 5.74) is 0. The molecule has 0 aromatic heterocycles. The lowest BCUT2D eigenvalue weighted by Crippen LogP contribution is -1.85. The minimum absolute atomic E-state index is 0.0348. The molecule has 0 bridgehead atoms. The third kappa shape index (κ3) is 2.20. The smallest absolute Gasteiger partial charge is 0.147 e. The highest BCUT2D eigenvalue weighted by molar-refractivity contribution is 9.11. The Labute approximate surface area is 97.5 Å². The van der Waals surface area contributed by atoms with E-state index in [0.717, 1.165) is 0 Å². The Kier molecular flexibility index (Phi) is 1.65. The summed E-state index contributed by atoms with van der Waals surface area (Å²) in [4.78, 5) is 0. The van der Waals surface area contributed by atoms with Gasteiger partial charge in [-0.15, -0.1) is 0 Å². The molecule has 1 aromatic carbocycles. The van der Waals surface area contributed by atoms with Gasteiger partial charge in [-0.1, -0.05) is 15.9 Å². The van der Waals surface area contributed by atoms with Gasteiger partial charge in [0.15, 0.2) is 0 Å². The van der Waals surface area contributed by atoms with Gasteiger partial charge in [0.05, 0.1) is 22.8 Å². The van der Waals surface area contributed by atoms with Gasteiger partial charge in [-0.2, -0.15) is 0 Å². The molecular weight excluding hydrogens is 340 g/mol. The molecule has 0 fully saturated rings. The van der Waals surface area contributed by atoms with Crippen molar-refractivity contribution < 1.29 is 11.6 Å². The maximum Gasteiger partial charge on any atom is 0.147 e. The standard InChI is InChI=1S/C7H5Br3O/c1-11-7-5(9)2-4(8)3-6(7)10/h2-3H,1H3/i1D3,2D,3D. The van der Waals surface area contributed by atoms with Gasteiger partial charge in [0, 0.05) is 4.47 Å². The monoisotopic (exact) mass is 347 g/mol. The largest absolute Gasteiger partial charge is 0.494 e. The zero-order valence-corrected chi connectivity index (χ0v) is 9.80. The minimum Gasteiger partial charge on any atom is -0.494 e. The van der Waals surface area contributed by atoms with Crippen molar-refractivity contribution in [2.24, 2.45) is 0 Å². The molecule has 60 valence electrons. The molecule has 1 nitrogen and oxygen atoms in total. The summed E-state index contributed by atoms with van der Waals surface area (Å²) in [6.45, 7) is 0. The highest BCUT2D eigenvalue weighted by Crippen LogP contribution is 2.35. The Morgan fingerprint density at radius 3 is 2.36 bits per heavy atom. The number of ether oxygens (including phenoxy) is 1. The Morgan fingerprint density at radius 1 is 1.36 bits per heavy atom. The summed E-state index contributed by atoms with van der Waals surface area (Å²) in [6.07, 6.45) is 0. The fourth-order valence-electron chi connectivity index (χ4n) is 0.523. The molecule has 0 amide bonds. The van der Waals surface area contributed by atoms with Crippen LogP contribution in [0.25, 0.3) is 0 Å². The number of benzene rings is 1. The van der Waals surface area contributed by atoms with Gasteiger partial charge >= 0.3 is 0 Å². The second kappa shape index (κ2) is 3.92. The van der Waals surface area contributed by atoms with Crippen LogP contribution in [0.3, 0.4) is 0 Å². The zero-order chi connectivity index (χ0) is 12.7. The average molecular weight is 350 g/mol. The second-order valence-electron chi connectivity index (χ2n) is 1.62. The maximum absolute atomic E-state index is 7.63. The van der Waals surface area contributed by atoms with Gasteiger partial charge in [-0.3, -0.25) is 0 Å². The SMILES string of the molecule is [2H]c1c(Br)c([2H])c(Br)c(OC([2H])([2H])[2H])c1Br. The van der Waals surface area contributed by atoms with Crippen LogP contribution in [0, 0.1) is 0 Å². The molecule has 0 radical (unpaired) electrons. The lowest BCUT2D eigenvalue weighted by Gasteiger charge is -2.05. The van der Waals surface area contributed by atoms with E-state index in [-0.39, 0.29) is 31.3 Å². The molecule has 1 rings (SSSR count). The van der Waals surface area contributed by atoms with E-state index in [9.17, 15) is 0 Å². The van der Waals surface area contributed by atoms with Crippen LogP contribution in [0.4, 0.5) is 0 Å². The van der Waals surface area contributed by atoms with Crippen LogP contribution in [-0.2, 0) is 0 Å². The van der Waals surface area contributed by atoms with Crippen molar-refractivity contribution in [1.82, 2.24) is 0 Å². The summed E-state index contributed by atoms with van der Waals surface area (Å²) >= 11 is 9.19. The Bertz CT molecular complexity index is 402. The van der Waals surface area contributed by atoms with Crippen LogP contribution in [0.1, 0.15) is 6.85 Å². The van der Waals surface area contributed by atoms with Crippen molar-refractivity contribution in [1.29, 1.82) is 0 Å². The summed E-state index contributed by atoms with van der Waals surface area (Å²) in [7, 11) is -2.63. The van der Waals surface area contributed by atoms with Gasteiger partial charge in [0.25, 0.3) is 0 Å². The number of hydrogen-bond acceptors (Lipinski definition) is 1. The van der Waals surface area contributed by atoms with Crippen molar-refractivity contribution in [2.45, 2.75) is 0 Å². The Morgan fingerprint density at radius 2 is 1.91 bits per heavy atom. The van der Waals surface area contributed by atoms with E-state index >= 15 is 0 Å². The lowest BCUT2D eigenvalue weighted by molar-refractivity contribution is 0.409. The molecule has 1 aromatic rings. The number of rotatable bonds is 1. The predicted molar refractivity (Wildman–Crippen MR) is 56.1 cm³/mol. The van der Waals surface area contributed by atoms with E-state index in [0.29, 0.717) is 0 Å². The third-order valence-electron chi connectivity index (χ3n) is 0.940. The van der Waals surface area contributed by atoms with Crippen molar-refractivity contribution in [3.05, 3.63) is 25.5 Å². The minimum atomic E-state index is -2.63. The molecular formula is C7H5Br3O. The van der Waals surface area contributed by atoms with Crippen LogP contribution in [0.2, 0.25) is 0 Å². The second-order valence-corrected chi connectivity index (χ2v) is 4.00. The van der Waals surface area contributed by atoms with E-state index in [1.54, 1.807) is 0 Å². The van der Waals surface area contributed by atoms with Crippen LogP contribution in [-0.4, -0.2) is 7.04 Å². The Balaban J connectivity index is 3.40. The summed E-state index contributed by atoms with van der Waals surface area (Å²) in [6, 6.07) is -0.0695. The predicted octanol–water partition coefficient (Wildman–Crippen LogP) is 3.98. The first kappa shape index (κ1) is 4.63. The maximum atomic E-state index is 7.63. The molecule has 0 N–H and O–H groups in total. The van der Waals surface area contributed by atoms with E-state index in [1.165, 1.54) is 0 Å². The van der Waals surface area contributed by atoms with Crippen molar-refractivity contribution in [2.75, 3.05) is 7.04 Å². The normalized spacial score (nSPS) is 17.5. The quantitative estimate of drug-likeness (QED) is 0.745. The highest BCUT2D eigenvalue weighted by atomic mass is 79.9. The molecule has 0 aliphatic carbocycles. The molecule has 0 heterocycles. The van der Waals surface area contributed by atoms with Gasteiger partial charge in [0.1, 0.15) is 5.75 Å². The fourth-order valence-corrected chi connectivity index (χ4v) is 2.67. The molecule has 0 saturated carbocycles. The fraction of sp³-hybridized carbons (Fsp3) is 0.143. The first-order valence-corrected chi connectivity index (χ1v) is 4.85. The average Bonchev–Trinajstić information content (AvgIpc) is 2.17. The first-order chi connectivity index (χ1) is 7.15. The number of halogens is 3. The lowest BCUT2D eigenvalue weighted by atomic mass is 10.3. The number of methoxy groups -OCH3 is 1. The van der Waals surface area contributed by atoms with E-state index in [1.807, 2.05) is 0 Å². The Hall–Kier alpha value is 0.460. The van der Waals surface area contributed by atoms with E-state index in [4.69, 9.17) is 11.6 Å². The van der Waals surface area contributed by atoms with Crippen LogP contribution >= 0.6 is 47.8 Å². The van der Waals surface area contributed by atoms with Gasteiger partial charge < -0.3 is 4.74 Å². The van der Waals surface area contributed by atoms with Gasteiger partial charge in [-0.05, 0) is 43.9 Å².